The number of nitrogens with one attached hydrogen (secondary N) is 2. The van der Waals surface area contributed by atoms with Gasteiger partial charge in [-0.15, -0.1) is 24.0 Å². The number of para-hydroxylation sites is 1. The molecule has 2 atom stereocenters. The number of nitrogens with zero attached hydrogens (tertiary/aromatic N) is 4. The summed E-state index contributed by atoms with van der Waals surface area (Å²) in [5.41, 5.74) is 3.54. The molecule has 3 aromatic rings. The molecule has 164 valence electrons. The van der Waals surface area contributed by atoms with E-state index < -0.39 is 0 Å². The summed E-state index contributed by atoms with van der Waals surface area (Å²) in [7, 11) is 1.82. The van der Waals surface area contributed by atoms with Gasteiger partial charge in [0.25, 0.3) is 0 Å². The molecule has 0 radical (unpaired) electrons. The quantitative estimate of drug-likeness (QED) is 0.289. The Kier molecular flexibility index (Phi) is 8.48. The van der Waals surface area contributed by atoms with Gasteiger partial charge in [0.2, 0.25) is 0 Å². The molecule has 2 aromatic carbocycles. The summed E-state index contributed by atoms with van der Waals surface area (Å²) in [4.78, 5) is 6.95. The molecule has 0 saturated carbocycles. The maximum atomic E-state index is 4.46. The van der Waals surface area contributed by atoms with Crippen molar-refractivity contribution in [2.75, 3.05) is 13.6 Å². The van der Waals surface area contributed by atoms with Gasteiger partial charge in [-0.25, -0.2) is 4.68 Å². The summed E-state index contributed by atoms with van der Waals surface area (Å²) in [6.07, 6.45) is 5.06. The predicted molar refractivity (Wildman–Crippen MR) is 137 cm³/mol. The van der Waals surface area contributed by atoms with Crippen LogP contribution < -0.4 is 10.6 Å². The van der Waals surface area contributed by atoms with Crippen molar-refractivity contribution in [3.8, 4) is 5.69 Å². The van der Waals surface area contributed by atoms with Gasteiger partial charge >= 0.3 is 0 Å². The molecule has 1 fully saturated rings. The van der Waals surface area contributed by atoms with Gasteiger partial charge in [-0.3, -0.25) is 9.89 Å². The summed E-state index contributed by atoms with van der Waals surface area (Å²) in [5, 5.41) is 11.5. The highest BCUT2D eigenvalue weighted by Crippen LogP contribution is 2.20. The molecule has 31 heavy (non-hydrogen) atoms. The number of benzene rings is 2. The second-order valence-corrected chi connectivity index (χ2v) is 7.90. The van der Waals surface area contributed by atoms with E-state index in [1.807, 2.05) is 48.3 Å². The molecule has 1 aliphatic rings. The van der Waals surface area contributed by atoms with Gasteiger partial charge < -0.3 is 10.6 Å². The average Bonchev–Trinajstić information content (AvgIpc) is 3.39. The highest BCUT2D eigenvalue weighted by molar-refractivity contribution is 14.0. The van der Waals surface area contributed by atoms with Crippen LogP contribution in [0.3, 0.4) is 0 Å². The third kappa shape index (κ3) is 6.30. The van der Waals surface area contributed by atoms with Gasteiger partial charge in [-0.05, 0) is 31.0 Å². The van der Waals surface area contributed by atoms with E-state index in [2.05, 4.69) is 69.1 Å². The van der Waals surface area contributed by atoms with Crippen molar-refractivity contribution in [1.82, 2.24) is 25.3 Å². The highest BCUT2D eigenvalue weighted by atomic mass is 127. The fourth-order valence-corrected chi connectivity index (χ4v) is 3.99. The fraction of sp³-hybridized carbons (Fsp3) is 0.333. The Morgan fingerprint density at radius 3 is 2.48 bits per heavy atom. The number of halogens is 1. The number of rotatable bonds is 6. The van der Waals surface area contributed by atoms with Crippen LogP contribution in [0.25, 0.3) is 5.69 Å². The van der Waals surface area contributed by atoms with Crippen molar-refractivity contribution >= 4 is 29.9 Å². The SMILES string of the molecule is CN=C(NCc1cnn(-c2ccccc2)c1)NC1CC(C)N(Cc2ccccc2)C1.I. The maximum absolute atomic E-state index is 4.46. The van der Waals surface area contributed by atoms with Crippen LogP contribution in [0.1, 0.15) is 24.5 Å². The van der Waals surface area contributed by atoms with Crippen molar-refractivity contribution in [2.24, 2.45) is 4.99 Å². The largest absolute Gasteiger partial charge is 0.352 e. The standard InChI is InChI=1S/C24H30N6.HI/c1-19-13-22(18-29(19)16-20-9-5-3-6-10-20)28-24(25-2)26-14-21-15-27-30(17-21)23-11-7-4-8-12-23;/h3-12,15,17,19,22H,13-14,16,18H2,1-2H3,(H2,25,26,28);1H. The van der Waals surface area contributed by atoms with Crippen molar-refractivity contribution in [3.05, 3.63) is 84.2 Å². The molecule has 6 nitrogen and oxygen atoms in total. The van der Waals surface area contributed by atoms with Gasteiger partial charge in [0.1, 0.15) is 0 Å². The monoisotopic (exact) mass is 530 g/mol. The normalized spacial score (nSPS) is 19.1. The third-order valence-corrected chi connectivity index (χ3v) is 5.61. The second-order valence-electron chi connectivity index (χ2n) is 7.90. The predicted octanol–water partition coefficient (Wildman–Crippen LogP) is 3.82. The van der Waals surface area contributed by atoms with E-state index in [4.69, 9.17) is 0 Å². The van der Waals surface area contributed by atoms with Crippen molar-refractivity contribution in [3.63, 3.8) is 0 Å². The summed E-state index contributed by atoms with van der Waals surface area (Å²) < 4.78 is 1.90. The summed E-state index contributed by atoms with van der Waals surface area (Å²) in [6.45, 7) is 4.99. The zero-order valence-electron chi connectivity index (χ0n) is 18.1. The maximum Gasteiger partial charge on any atom is 0.191 e. The molecule has 1 saturated heterocycles. The van der Waals surface area contributed by atoms with Gasteiger partial charge in [0, 0.05) is 50.5 Å². The highest BCUT2D eigenvalue weighted by Gasteiger charge is 2.29. The van der Waals surface area contributed by atoms with Crippen LogP contribution in [0.5, 0.6) is 0 Å². The Hall–Kier alpha value is -2.39. The van der Waals surface area contributed by atoms with Crippen LogP contribution in [0.15, 0.2) is 78.0 Å². The molecule has 0 spiro atoms. The molecule has 0 bridgehead atoms. The summed E-state index contributed by atoms with van der Waals surface area (Å²) in [6, 6.07) is 21.8. The topological polar surface area (TPSA) is 57.5 Å². The Labute approximate surface area is 201 Å². The molecule has 4 rings (SSSR count). The molecule has 1 aromatic heterocycles. The molecule has 2 unspecified atom stereocenters. The summed E-state index contributed by atoms with van der Waals surface area (Å²) in [5.74, 6) is 0.834. The van der Waals surface area contributed by atoms with E-state index in [0.29, 0.717) is 18.6 Å². The Bertz CT molecular complexity index is 956. The Morgan fingerprint density at radius 2 is 1.77 bits per heavy atom. The van der Waals surface area contributed by atoms with E-state index in [1.54, 1.807) is 0 Å². The molecule has 7 heteroatoms. The second kappa shape index (κ2) is 11.3. The fourth-order valence-electron chi connectivity index (χ4n) is 3.99. The zero-order chi connectivity index (χ0) is 20.8. The lowest BCUT2D eigenvalue weighted by molar-refractivity contribution is 0.258. The Balaban J connectivity index is 0.00000272. The van der Waals surface area contributed by atoms with E-state index >= 15 is 0 Å². The lowest BCUT2D eigenvalue weighted by atomic mass is 10.2. The third-order valence-electron chi connectivity index (χ3n) is 5.61. The van der Waals surface area contributed by atoms with E-state index in [-0.39, 0.29) is 24.0 Å². The summed E-state index contributed by atoms with van der Waals surface area (Å²) >= 11 is 0. The van der Waals surface area contributed by atoms with Gasteiger partial charge in [-0.2, -0.15) is 5.10 Å². The molecular weight excluding hydrogens is 499 g/mol. The van der Waals surface area contributed by atoms with Gasteiger partial charge in [0.15, 0.2) is 5.96 Å². The van der Waals surface area contributed by atoms with E-state index in [1.165, 1.54) is 5.56 Å². The number of aliphatic imine (C=N–C) groups is 1. The minimum atomic E-state index is 0. The van der Waals surface area contributed by atoms with Crippen LogP contribution >= 0.6 is 24.0 Å². The van der Waals surface area contributed by atoms with Crippen LogP contribution in [0, 0.1) is 0 Å². The first-order chi connectivity index (χ1) is 14.7. The van der Waals surface area contributed by atoms with Crippen molar-refractivity contribution in [1.29, 1.82) is 0 Å². The first-order valence-electron chi connectivity index (χ1n) is 10.6. The van der Waals surface area contributed by atoms with Crippen LogP contribution in [0.4, 0.5) is 0 Å². The number of likely N-dealkylation sites (tertiary alicyclic amines) is 1. The lowest BCUT2D eigenvalue weighted by Crippen LogP contribution is -2.44. The van der Waals surface area contributed by atoms with Crippen molar-refractivity contribution in [2.45, 2.75) is 38.5 Å². The zero-order valence-corrected chi connectivity index (χ0v) is 20.4. The molecular formula is C24H31IN6. The lowest BCUT2D eigenvalue weighted by Gasteiger charge is -2.21. The van der Waals surface area contributed by atoms with Gasteiger partial charge in [0.05, 0.1) is 11.9 Å². The van der Waals surface area contributed by atoms with Crippen molar-refractivity contribution < 1.29 is 0 Å². The Morgan fingerprint density at radius 1 is 1.06 bits per heavy atom. The number of hydrogen-bond acceptors (Lipinski definition) is 3. The molecule has 2 heterocycles. The van der Waals surface area contributed by atoms with E-state index in [9.17, 15) is 0 Å². The van der Waals surface area contributed by atoms with E-state index in [0.717, 1.165) is 36.7 Å². The average molecular weight is 530 g/mol. The first-order valence-corrected chi connectivity index (χ1v) is 10.6. The smallest absolute Gasteiger partial charge is 0.191 e. The number of guanidine groups is 1. The van der Waals surface area contributed by atoms with Crippen LogP contribution in [0.2, 0.25) is 0 Å². The van der Waals surface area contributed by atoms with Gasteiger partial charge in [-0.1, -0.05) is 48.5 Å². The van der Waals surface area contributed by atoms with Crippen LogP contribution in [-0.4, -0.2) is 46.3 Å². The molecule has 0 aliphatic carbocycles. The minimum Gasteiger partial charge on any atom is -0.352 e. The number of hydrogen-bond donors (Lipinski definition) is 2. The first kappa shape index (κ1) is 23.3. The molecule has 1 aliphatic heterocycles. The molecule has 2 N–H and O–H groups in total. The minimum absolute atomic E-state index is 0. The number of aromatic nitrogens is 2. The van der Waals surface area contributed by atoms with Crippen LogP contribution in [-0.2, 0) is 13.1 Å². The molecule has 0 amide bonds.